The van der Waals surface area contributed by atoms with E-state index >= 15 is 0 Å². The molecule has 0 aromatic carbocycles. The molecule has 3 aliphatic rings. The average Bonchev–Trinajstić information content (AvgIpc) is 2.48. The lowest BCUT2D eigenvalue weighted by atomic mass is 9.80. The maximum absolute atomic E-state index is 12.2. The van der Waals surface area contributed by atoms with Crippen molar-refractivity contribution in [1.82, 2.24) is 9.88 Å². The Balaban J connectivity index is 1.44. The van der Waals surface area contributed by atoms with Crippen molar-refractivity contribution in [3.63, 3.8) is 0 Å². The van der Waals surface area contributed by atoms with E-state index in [-0.39, 0.29) is 6.04 Å². The first-order valence-electron chi connectivity index (χ1n) is 7.51. The van der Waals surface area contributed by atoms with Crippen molar-refractivity contribution in [2.24, 2.45) is 5.92 Å². The Morgan fingerprint density at radius 2 is 2.11 bits per heavy atom. The first-order valence-corrected chi connectivity index (χ1v) is 7.51. The SMILES string of the molecule is O=C1C2CCN(CC2)C1CCCCc1cccnc1. The summed E-state index contributed by atoms with van der Waals surface area (Å²) in [6.45, 7) is 2.29. The van der Waals surface area contributed by atoms with E-state index in [1.165, 1.54) is 5.56 Å². The van der Waals surface area contributed by atoms with E-state index in [2.05, 4.69) is 16.0 Å². The molecule has 3 fully saturated rings. The van der Waals surface area contributed by atoms with Gasteiger partial charge in [-0.25, -0.2) is 0 Å². The number of hydrogen-bond acceptors (Lipinski definition) is 3. The Labute approximate surface area is 115 Å². The quantitative estimate of drug-likeness (QED) is 0.761. The van der Waals surface area contributed by atoms with Gasteiger partial charge in [-0.05, 0) is 56.8 Å². The van der Waals surface area contributed by atoms with Gasteiger partial charge in [0.25, 0.3) is 0 Å². The van der Waals surface area contributed by atoms with Crippen molar-refractivity contribution in [3.8, 4) is 0 Å². The zero-order valence-electron chi connectivity index (χ0n) is 11.4. The number of fused-ring (bicyclic) bond motifs is 3. The van der Waals surface area contributed by atoms with E-state index < -0.39 is 0 Å². The third-order valence-corrected chi connectivity index (χ3v) is 4.62. The molecule has 0 amide bonds. The standard InChI is InChI=1S/C16H22N2O/c19-16-14-7-10-18(11-8-14)15(16)6-2-1-4-13-5-3-9-17-12-13/h3,5,9,12,14-15H,1-2,4,6-8,10-11H2. The van der Waals surface area contributed by atoms with Gasteiger partial charge in [-0.2, -0.15) is 0 Å². The molecule has 102 valence electrons. The fourth-order valence-corrected chi connectivity index (χ4v) is 3.49. The fraction of sp³-hybridized carbons (Fsp3) is 0.625. The van der Waals surface area contributed by atoms with Gasteiger partial charge in [0.15, 0.2) is 5.78 Å². The van der Waals surface area contributed by atoms with Crippen LogP contribution in [0.3, 0.4) is 0 Å². The minimum absolute atomic E-state index is 0.237. The lowest BCUT2D eigenvalue weighted by Crippen LogP contribution is -2.55. The molecule has 0 spiro atoms. The number of aryl methyl sites for hydroxylation is 1. The third kappa shape index (κ3) is 2.86. The molecule has 4 heterocycles. The molecule has 3 heteroatoms. The summed E-state index contributed by atoms with van der Waals surface area (Å²) in [6, 6.07) is 4.36. The van der Waals surface area contributed by atoms with Crippen LogP contribution >= 0.6 is 0 Å². The molecule has 0 radical (unpaired) electrons. The fourth-order valence-electron chi connectivity index (χ4n) is 3.49. The minimum atomic E-state index is 0.237. The summed E-state index contributed by atoms with van der Waals surface area (Å²) in [5, 5.41) is 0. The van der Waals surface area contributed by atoms with Gasteiger partial charge in [-0.3, -0.25) is 14.7 Å². The van der Waals surface area contributed by atoms with Crippen LogP contribution in [-0.4, -0.2) is 34.8 Å². The van der Waals surface area contributed by atoms with E-state index in [0.717, 1.165) is 51.6 Å². The van der Waals surface area contributed by atoms with Gasteiger partial charge in [0.1, 0.15) is 0 Å². The molecule has 3 nitrogen and oxygen atoms in total. The Hall–Kier alpha value is -1.22. The van der Waals surface area contributed by atoms with Crippen LogP contribution in [0.25, 0.3) is 0 Å². The van der Waals surface area contributed by atoms with Crippen LogP contribution in [-0.2, 0) is 11.2 Å². The Morgan fingerprint density at radius 1 is 1.26 bits per heavy atom. The Bertz CT molecular complexity index is 424. The van der Waals surface area contributed by atoms with Crippen LogP contribution in [0.1, 0.15) is 37.7 Å². The van der Waals surface area contributed by atoms with Crippen molar-refractivity contribution in [2.45, 2.75) is 44.6 Å². The van der Waals surface area contributed by atoms with E-state index in [0.29, 0.717) is 11.7 Å². The minimum Gasteiger partial charge on any atom is -0.298 e. The molecule has 4 rings (SSSR count). The highest BCUT2D eigenvalue weighted by Crippen LogP contribution is 2.31. The average molecular weight is 258 g/mol. The normalized spacial score (nSPS) is 29.7. The van der Waals surface area contributed by atoms with E-state index in [9.17, 15) is 4.79 Å². The van der Waals surface area contributed by atoms with Gasteiger partial charge in [0.2, 0.25) is 0 Å². The number of pyridine rings is 1. The molecular formula is C16H22N2O. The number of hydrogen-bond donors (Lipinski definition) is 0. The summed E-state index contributed by atoms with van der Waals surface area (Å²) in [7, 11) is 0. The molecule has 2 bridgehead atoms. The van der Waals surface area contributed by atoms with Crippen LogP contribution in [0.15, 0.2) is 24.5 Å². The van der Waals surface area contributed by atoms with E-state index in [4.69, 9.17) is 0 Å². The van der Waals surface area contributed by atoms with Gasteiger partial charge in [-0.15, -0.1) is 0 Å². The maximum atomic E-state index is 12.2. The second-order valence-corrected chi connectivity index (χ2v) is 5.84. The largest absolute Gasteiger partial charge is 0.298 e. The number of carbonyl (C=O) groups is 1. The number of unbranched alkanes of at least 4 members (excludes halogenated alkanes) is 1. The summed E-state index contributed by atoms with van der Waals surface area (Å²) < 4.78 is 0. The molecule has 0 aliphatic carbocycles. The van der Waals surface area contributed by atoms with Crippen LogP contribution in [0, 0.1) is 5.92 Å². The highest BCUT2D eigenvalue weighted by molar-refractivity contribution is 5.87. The molecule has 1 atom stereocenters. The van der Waals surface area contributed by atoms with E-state index in [1.807, 2.05) is 18.5 Å². The molecule has 1 aromatic heterocycles. The highest BCUT2D eigenvalue weighted by Gasteiger charge is 2.40. The van der Waals surface area contributed by atoms with Crippen molar-refractivity contribution < 1.29 is 4.79 Å². The van der Waals surface area contributed by atoms with Gasteiger partial charge in [-0.1, -0.05) is 12.5 Å². The summed E-state index contributed by atoms with van der Waals surface area (Å²) >= 11 is 0. The smallest absolute Gasteiger partial charge is 0.153 e. The highest BCUT2D eigenvalue weighted by atomic mass is 16.1. The molecule has 3 saturated heterocycles. The molecule has 1 unspecified atom stereocenters. The van der Waals surface area contributed by atoms with E-state index in [1.54, 1.807) is 0 Å². The number of Topliss-reactive ketones (excluding diaryl/α,β-unsaturated/α-hetero) is 1. The predicted molar refractivity (Wildman–Crippen MR) is 74.9 cm³/mol. The summed E-state index contributed by atoms with van der Waals surface area (Å²) in [6.07, 6.45) is 10.4. The third-order valence-electron chi connectivity index (χ3n) is 4.62. The van der Waals surface area contributed by atoms with Gasteiger partial charge in [0.05, 0.1) is 6.04 Å². The molecule has 0 saturated carbocycles. The number of ketones is 1. The summed E-state index contributed by atoms with van der Waals surface area (Å²) in [5.41, 5.74) is 1.30. The van der Waals surface area contributed by atoms with Crippen molar-refractivity contribution in [3.05, 3.63) is 30.1 Å². The second-order valence-electron chi connectivity index (χ2n) is 5.84. The first kappa shape index (κ1) is 12.8. The first-order chi connectivity index (χ1) is 9.34. The number of aromatic nitrogens is 1. The van der Waals surface area contributed by atoms with Crippen molar-refractivity contribution in [2.75, 3.05) is 13.1 Å². The van der Waals surface area contributed by atoms with Gasteiger partial charge >= 0.3 is 0 Å². The monoisotopic (exact) mass is 258 g/mol. The van der Waals surface area contributed by atoms with Crippen molar-refractivity contribution >= 4 is 5.78 Å². The van der Waals surface area contributed by atoms with Crippen LogP contribution in [0.5, 0.6) is 0 Å². The predicted octanol–water partition coefficient (Wildman–Crippen LogP) is 2.46. The Morgan fingerprint density at radius 3 is 2.79 bits per heavy atom. The summed E-state index contributed by atoms with van der Waals surface area (Å²) in [4.78, 5) is 18.7. The number of nitrogens with zero attached hydrogens (tertiary/aromatic N) is 2. The molecule has 1 aromatic rings. The molecule has 3 aliphatic heterocycles. The lowest BCUT2D eigenvalue weighted by Gasteiger charge is -2.44. The Kier molecular flexibility index (Phi) is 3.92. The summed E-state index contributed by atoms with van der Waals surface area (Å²) in [5.74, 6) is 0.909. The molecule has 19 heavy (non-hydrogen) atoms. The second kappa shape index (κ2) is 5.83. The van der Waals surface area contributed by atoms with Crippen molar-refractivity contribution in [1.29, 1.82) is 0 Å². The van der Waals surface area contributed by atoms with Gasteiger partial charge in [0, 0.05) is 18.3 Å². The topological polar surface area (TPSA) is 33.2 Å². The van der Waals surface area contributed by atoms with Crippen LogP contribution in [0.4, 0.5) is 0 Å². The van der Waals surface area contributed by atoms with Crippen LogP contribution < -0.4 is 0 Å². The lowest BCUT2D eigenvalue weighted by molar-refractivity contribution is -0.137. The zero-order chi connectivity index (χ0) is 13.1. The molecule has 0 N–H and O–H groups in total. The number of piperidine rings is 3. The molecular weight excluding hydrogens is 236 g/mol. The van der Waals surface area contributed by atoms with Crippen LogP contribution in [0.2, 0.25) is 0 Å². The maximum Gasteiger partial charge on any atom is 0.153 e. The number of rotatable bonds is 5. The van der Waals surface area contributed by atoms with Gasteiger partial charge < -0.3 is 0 Å². The number of carbonyl (C=O) groups excluding carboxylic acids is 1. The zero-order valence-corrected chi connectivity index (χ0v) is 11.4.